The number of ether oxygens (including phenoxy) is 1. The Balaban J connectivity index is 1.83. The van der Waals surface area contributed by atoms with Crippen LogP contribution < -0.4 is 4.74 Å². The van der Waals surface area contributed by atoms with Crippen LogP contribution in [0.4, 0.5) is 4.79 Å². The molecule has 0 unspecified atom stereocenters. The van der Waals surface area contributed by atoms with E-state index in [1.807, 2.05) is 30.3 Å². The van der Waals surface area contributed by atoms with Crippen LogP contribution in [0.1, 0.15) is 6.42 Å². The van der Waals surface area contributed by atoms with E-state index in [0.29, 0.717) is 13.0 Å². The number of benzene rings is 1. The number of para-hydroxylation sites is 1. The van der Waals surface area contributed by atoms with Gasteiger partial charge in [-0.3, -0.25) is 19.4 Å². The maximum atomic E-state index is 11.9. The zero-order valence-electron chi connectivity index (χ0n) is 11.5. The van der Waals surface area contributed by atoms with Gasteiger partial charge in [-0.25, -0.2) is 4.79 Å². The molecule has 1 aromatic rings. The molecule has 4 amide bonds. The number of imide groups is 2. The highest BCUT2D eigenvalue weighted by Gasteiger charge is 2.43. The minimum atomic E-state index is -0.802. The van der Waals surface area contributed by atoms with E-state index in [2.05, 4.69) is 6.58 Å². The van der Waals surface area contributed by atoms with Crippen molar-refractivity contribution in [1.82, 2.24) is 9.80 Å². The van der Waals surface area contributed by atoms with E-state index >= 15 is 0 Å². The van der Waals surface area contributed by atoms with Crippen LogP contribution in [0, 0.1) is 0 Å². The van der Waals surface area contributed by atoms with Crippen molar-refractivity contribution >= 4 is 17.8 Å². The molecule has 1 aliphatic rings. The Kier molecular flexibility index (Phi) is 4.71. The van der Waals surface area contributed by atoms with Gasteiger partial charge in [-0.05, 0) is 18.6 Å². The van der Waals surface area contributed by atoms with Crippen molar-refractivity contribution in [3.8, 4) is 5.75 Å². The third-order valence-corrected chi connectivity index (χ3v) is 2.98. The summed E-state index contributed by atoms with van der Waals surface area (Å²) in [7, 11) is 0. The second-order valence-corrected chi connectivity index (χ2v) is 4.46. The Morgan fingerprint density at radius 1 is 1.05 bits per heavy atom. The molecule has 0 bridgehead atoms. The summed E-state index contributed by atoms with van der Waals surface area (Å²) in [6.45, 7) is 4.01. The van der Waals surface area contributed by atoms with Crippen molar-refractivity contribution in [3.05, 3.63) is 43.0 Å². The van der Waals surface area contributed by atoms with Gasteiger partial charge in [0.2, 0.25) is 0 Å². The molecule has 0 N–H and O–H groups in total. The van der Waals surface area contributed by atoms with E-state index in [1.54, 1.807) is 0 Å². The van der Waals surface area contributed by atoms with Crippen LogP contribution >= 0.6 is 0 Å². The Morgan fingerprint density at radius 2 is 1.71 bits per heavy atom. The summed E-state index contributed by atoms with van der Waals surface area (Å²) >= 11 is 0. The lowest BCUT2D eigenvalue weighted by atomic mass is 10.3. The van der Waals surface area contributed by atoms with E-state index in [0.717, 1.165) is 15.5 Å². The van der Waals surface area contributed by atoms with E-state index in [9.17, 15) is 14.4 Å². The molecule has 0 saturated carbocycles. The number of carbonyl (C=O) groups is 3. The summed E-state index contributed by atoms with van der Waals surface area (Å²) in [6.07, 6.45) is 1.87. The molecule has 6 heteroatoms. The summed E-state index contributed by atoms with van der Waals surface area (Å²) in [5.41, 5.74) is 0. The van der Waals surface area contributed by atoms with Crippen LogP contribution in [-0.2, 0) is 9.59 Å². The Morgan fingerprint density at radius 3 is 2.38 bits per heavy atom. The van der Waals surface area contributed by atoms with Gasteiger partial charge in [-0.1, -0.05) is 24.3 Å². The van der Waals surface area contributed by atoms with E-state index in [1.165, 1.54) is 6.08 Å². The maximum Gasteiger partial charge on any atom is 0.334 e. The molecule has 1 saturated heterocycles. The van der Waals surface area contributed by atoms with Crippen LogP contribution in [0.3, 0.4) is 0 Å². The summed E-state index contributed by atoms with van der Waals surface area (Å²) in [6, 6.07) is 8.64. The lowest BCUT2D eigenvalue weighted by Gasteiger charge is -2.14. The van der Waals surface area contributed by atoms with Crippen molar-refractivity contribution in [1.29, 1.82) is 0 Å². The van der Waals surface area contributed by atoms with Gasteiger partial charge in [0.1, 0.15) is 5.75 Å². The molecule has 0 atom stereocenters. The number of amides is 4. The highest BCUT2D eigenvalue weighted by atomic mass is 16.5. The Bertz CT molecular complexity index is 556. The highest BCUT2D eigenvalue weighted by Crippen LogP contribution is 2.13. The van der Waals surface area contributed by atoms with Gasteiger partial charge >= 0.3 is 17.8 Å². The smallest absolute Gasteiger partial charge is 0.334 e. The maximum absolute atomic E-state index is 11.9. The largest absolute Gasteiger partial charge is 0.494 e. The molecule has 1 aliphatic heterocycles. The number of carbonyl (C=O) groups excluding carboxylic acids is 3. The topological polar surface area (TPSA) is 66.9 Å². The van der Waals surface area contributed by atoms with Gasteiger partial charge in [0.15, 0.2) is 0 Å². The highest BCUT2D eigenvalue weighted by molar-refractivity contribution is 6.44. The fraction of sp³-hybridized carbons (Fsp3) is 0.267. The SMILES string of the molecule is C=CCN1C(=O)C(=O)N(CCCOc2ccccc2)C1=O. The average molecular weight is 288 g/mol. The minimum absolute atomic E-state index is 0.0421. The standard InChI is InChI=1S/C15H16N2O4/c1-2-9-16-13(18)14(19)17(15(16)20)10-6-11-21-12-7-4-3-5-8-12/h2-5,7-8H,1,6,9-11H2. The van der Waals surface area contributed by atoms with E-state index in [-0.39, 0.29) is 13.1 Å². The summed E-state index contributed by atoms with van der Waals surface area (Å²) in [5, 5.41) is 0. The van der Waals surface area contributed by atoms with Gasteiger partial charge in [0.05, 0.1) is 6.61 Å². The summed E-state index contributed by atoms with van der Waals surface area (Å²) in [5.74, 6) is -0.869. The first-order chi connectivity index (χ1) is 10.1. The van der Waals surface area contributed by atoms with Gasteiger partial charge in [-0.2, -0.15) is 0 Å². The molecule has 110 valence electrons. The lowest BCUT2D eigenvalue weighted by molar-refractivity contribution is -0.143. The first kappa shape index (κ1) is 14.8. The average Bonchev–Trinajstić information content (AvgIpc) is 2.70. The Labute approximate surface area is 122 Å². The normalized spacial score (nSPS) is 14.8. The van der Waals surface area contributed by atoms with Crippen LogP contribution in [0.2, 0.25) is 0 Å². The lowest BCUT2D eigenvalue weighted by Crippen LogP contribution is -2.34. The van der Waals surface area contributed by atoms with Crippen molar-refractivity contribution in [2.45, 2.75) is 6.42 Å². The number of urea groups is 1. The minimum Gasteiger partial charge on any atom is -0.494 e. The van der Waals surface area contributed by atoms with Gasteiger partial charge in [0.25, 0.3) is 0 Å². The van der Waals surface area contributed by atoms with Gasteiger partial charge < -0.3 is 4.74 Å². The van der Waals surface area contributed by atoms with Gasteiger partial charge in [-0.15, -0.1) is 6.58 Å². The van der Waals surface area contributed by atoms with Crippen molar-refractivity contribution in [2.75, 3.05) is 19.7 Å². The predicted octanol–water partition coefficient (Wildman–Crippen LogP) is 1.43. The number of rotatable bonds is 7. The number of hydrogen-bond acceptors (Lipinski definition) is 4. The first-order valence-corrected chi connectivity index (χ1v) is 6.61. The van der Waals surface area contributed by atoms with Crippen molar-refractivity contribution in [2.24, 2.45) is 0 Å². The van der Waals surface area contributed by atoms with E-state index in [4.69, 9.17) is 4.74 Å². The molecule has 0 aromatic heterocycles. The van der Waals surface area contributed by atoms with Crippen LogP contribution in [0.25, 0.3) is 0 Å². The quantitative estimate of drug-likeness (QED) is 0.329. The Hall–Kier alpha value is -2.63. The monoisotopic (exact) mass is 288 g/mol. The molecule has 1 aromatic carbocycles. The molecule has 6 nitrogen and oxygen atoms in total. The molecule has 0 radical (unpaired) electrons. The number of nitrogens with zero attached hydrogens (tertiary/aromatic N) is 2. The third-order valence-electron chi connectivity index (χ3n) is 2.98. The first-order valence-electron chi connectivity index (χ1n) is 6.61. The fourth-order valence-electron chi connectivity index (χ4n) is 1.97. The van der Waals surface area contributed by atoms with Crippen molar-refractivity contribution < 1.29 is 19.1 Å². The molecule has 1 fully saturated rings. The zero-order valence-corrected chi connectivity index (χ0v) is 11.5. The molecule has 2 rings (SSSR count). The van der Waals surface area contributed by atoms with E-state index < -0.39 is 17.8 Å². The molecule has 1 heterocycles. The predicted molar refractivity (Wildman–Crippen MR) is 75.6 cm³/mol. The molecular weight excluding hydrogens is 272 g/mol. The zero-order chi connectivity index (χ0) is 15.2. The third kappa shape index (κ3) is 3.28. The van der Waals surface area contributed by atoms with Crippen LogP contribution in [-0.4, -0.2) is 47.3 Å². The van der Waals surface area contributed by atoms with Gasteiger partial charge in [0, 0.05) is 13.1 Å². The van der Waals surface area contributed by atoms with Crippen LogP contribution in [0.15, 0.2) is 43.0 Å². The van der Waals surface area contributed by atoms with Crippen molar-refractivity contribution in [3.63, 3.8) is 0 Å². The fourth-order valence-corrected chi connectivity index (χ4v) is 1.97. The summed E-state index contributed by atoms with van der Waals surface area (Å²) < 4.78 is 5.47. The number of hydrogen-bond donors (Lipinski definition) is 0. The second kappa shape index (κ2) is 6.69. The second-order valence-electron chi connectivity index (χ2n) is 4.46. The van der Waals surface area contributed by atoms with Crippen LogP contribution in [0.5, 0.6) is 5.75 Å². The molecule has 0 aliphatic carbocycles. The summed E-state index contributed by atoms with van der Waals surface area (Å²) in [4.78, 5) is 37.0. The molecule has 21 heavy (non-hydrogen) atoms. The molecule has 0 spiro atoms. The molecular formula is C15H16N2O4.